The van der Waals surface area contributed by atoms with Crippen LogP contribution in [-0.4, -0.2) is 58.5 Å². The maximum Gasteiger partial charge on any atom is 0.435 e. The highest BCUT2D eigenvalue weighted by Gasteiger charge is 2.33. The highest BCUT2D eigenvalue weighted by Crippen LogP contribution is 2.35. The molecule has 0 saturated carbocycles. The molecule has 190 valence electrons. The Hall–Kier alpha value is -3.80. The predicted octanol–water partition coefficient (Wildman–Crippen LogP) is 4.14. The van der Waals surface area contributed by atoms with Crippen molar-refractivity contribution in [2.45, 2.75) is 33.0 Å². The normalized spacial score (nSPS) is 16.1. The summed E-state index contributed by atoms with van der Waals surface area (Å²) in [5.74, 6) is -0.254. The van der Waals surface area contributed by atoms with E-state index in [1.54, 1.807) is 12.3 Å². The molecule has 1 aliphatic heterocycles. The molecule has 9 nitrogen and oxygen atoms in total. The molecule has 1 aliphatic rings. The Bertz CT molecular complexity index is 1250. The number of pyridine rings is 2. The van der Waals surface area contributed by atoms with E-state index in [-0.39, 0.29) is 11.6 Å². The molecule has 1 fully saturated rings. The lowest BCUT2D eigenvalue weighted by molar-refractivity contribution is -0.141. The summed E-state index contributed by atoms with van der Waals surface area (Å²) >= 11 is 0. The van der Waals surface area contributed by atoms with Crippen LogP contribution < -0.4 is 15.0 Å². The molecule has 0 unspecified atom stereocenters. The lowest BCUT2D eigenvalue weighted by Gasteiger charge is -2.35. The number of anilines is 2. The predicted molar refractivity (Wildman–Crippen MR) is 126 cm³/mol. The number of ether oxygens (including phenoxy) is 2. The minimum atomic E-state index is -4.71. The molecule has 4 heterocycles. The molecule has 3 aromatic heterocycles. The van der Waals surface area contributed by atoms with E-state index in [1.807, 2.05) is 19.9 Å². The first-order valence-electron chi connectivity index (χ1n) is 11.3. The van der Waals surface area contributed by atoms with E-state index < -0.39 is 17.8 Å². The third kappa shape index (κ3) is 5.54. The Morgan fingerprint density at radius 1 is 1.22 bits per heavy atom. The highest BCUT2D eigenvalue weighted by molar-refractivity contribution is 6.04. The van der Waals surface area contributed by atoms with Gasteiger partial charge < -0.3 is 19.7 Å². The summed E-state index contributed by atoms with van der Waals surface area (Å²) in [6, 6.07) is 4.42. The summed E-state index contributed by atoms with van der Waals surface area (Å²) in [4.78, 5) is 23.7. The topological polar surface area (TPSA) is 102 Å². The molecule has 3 aromatic rings. The van der Waals surface area contributed by atoms with Crippen molar-refractivity contribution in [1.82, 2.24) is 20.2 Å². The second-order valence-electron chi connectivity index (χ2n) is 8.24. The second kappa shape index (κ2) is 10.4. The summed E-state index contributed by atoms with van der Waals surface area (Å²) in [7, 11) is 0. The number of nitrogens with zero attached hydrogens (tertiary/aromatic N) is 5. The van der Waals surface area contributed by atoms with Crippen LogP contribution in [0.25, 0.3) is 11.1 Å². The molecule has 4 rings (SSSR count). The molecule has 1 atom stereocenters. The number of morpholine rings is 1. The van der Waals surface area contributed by atoms with E-state index in [0.717, 1.165) is 17.4 Å². The van der Waals surface area contributed by atoms with E-state index in [1.165, 1.54) is 6.20 Å². The van der Waals surface area contributed by atoms with Gasteiger partial charge in [0.25, 0.3) is 5.91 Å². The molecule has 0 aliphatic carbocycles. The number of alkyl halides is 3. The number of halogens is 3. The molecule has 0 spiro atoms. The quantitative estimate of drug-likeness (QED) is 0.537. The number of nitrogens with one attached hydrogen (secondary N) is 1. The van der Waals surface area contributed by atoms with Crippen molar-refractivity contribution in [2.24, 2.45) is 0 Å². The smallest absolute Gasteiger partial charge is 0.435 e. The average Bonchev–Trinajstić information content (AvgIpc) is 2.86. The lowest BCUT2D eigenvalue weighted by atomic mass is 10.0. The van der Waals surface area contributed by atoms with Crippen LogP contribution in [-0.2, 0) is 10.9 Å². The third-order valence-corrected chi connectivity index (χ3v) is 5.65. The van der Waals surface area contributed by atoms with Crippen LogP contribution in [0.1, 0.15) is 35.6 Å². The molecule has 1 amide bonds. The zero-order chi connectivity index (χ0) is 25.9. The van der Waals surface area contributed by atoms with Gasteiger partial charge in [0.05, 0.1) is 43.5 Å². The van der Waals surface area contributed by atoms with Gasteiger partial charge in [0.2, 0.25) is 5.88 Å². The molecule has 0 radical (unpaired) electrons. The van der Waals surface area contributed by atoms with Crippen LogP contribution in [0.4, 0.5) is 24.5 Å². The Morgan fingerprint density at radius 2 is 2.03 bits per heavy atom. The van der Waals surface area contributed by atoms with Gasteiger partial charge in [0.15, 0.2) is 5.69 Å². The average molecular weight is 502 g/mol. The second-order valence-corrected chi connectivity index (χ2v) is 8.24. The van der Waals surface area contributed by atoms with Crippen molar-refractivity contribution >= 4 is 17.3 Å². The number of carbonyl (C=O) groups excluding carboxylic acids is 1. The van der Waals surface area contributed by atoms with Crippen LogP contribution in [0.5, 0.6) is 5.88 Å². The zero-order valence-electron chi connectivity index (χ0n) is 20.0. The molecule has 1 saturated heterocycles. The van der Waals surface area contributed by atoms with E-state index in [9.17, 15) is 18.0 Å². The number of aryl methyl sites for hydroxylation is 1. The monoisotopic (exact) mass is 502 g/mol. The van der Waals surface area contributed by atoms with Crippen LogP contribution in [0.3, 0.4) is 0 Å². The Morgan fingerprint density at radius 3 is 2.75 bits per heavy atom. The number of amides is 1. The number of carbonyl (C=O) groups is 1. The van der Waals surface area contributed by atoms with Crippen molar-refractivity contribution in [2.75, 3.05) is 36.6 Å². The van der Waals surface area contributed by atoms with Gasteiger partial charge >= 0.3 is 6.18 Å². The largest absolute Gasteiger partial charge is 0.476 e. The fourth-order valence-electron chi connectivity index (χ4n) is 3.85. The molecule has 12 heteroatoms. The SMILES string of the molecule is CCOc1ncc(-c2cc(NC(=O)c3cnnc(C(F)(F)F)c3)cnc2C)cc1N1CCOC[C@@H]1C. The number of rotatable bonds is 6. The fourth-order valence-corrected chi connectivity index (χ4v) is 3.85. The Balaban J connectivity index is 1.65. The molecule has 0 aromatic carbocycles. The molecular formula is C24H25F3N6O3. The summed E-state index contributed by atoms with van der Waals surface area (Å²) < 4.78 is 50.1. The van der Waals surface area contributed by atoms with Crippen LogP contribution in [0, 0.1) is 6.92 Å². The first kappa shape index (κ1) is 25.3. The standard InChI is InChI=1S/C24H25F3N6O3/c1-4-36-23-20(33-5-6-35-13-14(33)2)7-16(10-29-23)19-9-18(12-28-15(19)3)31-22(34)17-8-21(24(25,26)27)32-30-11-17/h7-12,14H,4-6,13H2,1-3H3,(H,31,34)/t14-/m0/s1. The first-order valence-corrected chi connectivity index (χ1v) is 11.3. The van der Waals surface area contributed by atoms with Crippen molar-refractivity contribution in [1.29, 1.82) is 0 Å². The van der Waals surface area contributed by atoms with Gasteiger partial charge in [-0.05, 0) is 39.0 Å². The van der Waals surface area contributed by atoms with Gasteiger partial charge in [-0.1, -0.05) is 0 Å². The van der Waals surface area contributed by atoms with Crippen molar-refractivity contribution in [3.05, 3.63) is 53.7 Å². The fraction of sp³-hybridized carbons (Fsp3) is 0.375. The maximum atomic E-state index is 12.9. The Kier molecular flexibility index (Phi) is 7.34. The Labute approximate surface area is 205 Å². The minimum absolute atomic E-state index is 0.121. The van der Waals surface area contributed by atoms with Crippen LogP contribution >= 0.6 is 0 Å². The van der Waals surface area contributed by atoms with E-state index >= 15 is 0 Å². The van der Waals surface area contributed by atoms with Gasteiger partial charge in [-0.15, -0.1) is 5.10 Å². The van der Waals surface area contributed by atoms with Gasteiger partial charge in [-0.3, -0.25) is 9.78 Å². The molecule has 1 N–H and O–H groups in total. The highest BCUT2D eigenvalue weighted by atomic mass is 19.4. The van der Waals surface area contributed by atoms with Crippen molar-refractivity contribution < 1.29 is 27.4 Å². The lowest BCUT2D eigenvalue weighted by Crippen LogP contribution is -2.44. The van der Waals surface area contributed by atoms with Crippen molar-refractivity contribution in [3.8, 4) is 17.0 Å². The van der Waals surface area contributed by atoms with E-state index in [0.29, 0.717) is 55.3 Å². The molecule has 36 heavy (non-hydrogen) atoms. The van der Waals surface area contributed by atoms with E-state index in [2.05, 4.69) is 37.3 Å². The number of hydrogen-bond donors (Lipinski definition) is 1. The van der Waals surface area contributed by atoms with E-state index in [4.69, 9.17) is 9.47 Å². The summed E-state index contributed by atoms with van der Waals surface area (Å²) in [5.41, 5.74) is 1.74. The minimum Gasteiger partial charge on any atom is -0.476 e. The van der Waals surface area contributed by atoms with Gasteiger partial charge in [0.1, 0.15) is 5.69 Å². The molecular weight excluding hydrogens is 477 g/mol. The third-order valence-electron chi connectivity index (χ3n) is 5.65. The molecule has 0 bridgehead atoms. The number of hydrogen-bond acceptors (Lipinski definition) is 8. The first-order chi connectivity index (χ1) is 17.2. The van der Waals surface area contributed by atoms with Crippen molar-refractivity contribution in [3.63, 3.8) is 0 Å². The van der Waals surface area contributed by atoms with Gasteiger partial charge in [0, 0.05) is 35.6 Å². The zero-order valence-corrected chi connectivity index (χ0v) is 20.0. The van der Waals surface area contributed by atoms with Gasteiger partial charge in [-0.25, -0.2) is 4.98 Å². The van der Waals surface area contributed by atoms with Crippen LogP contribution in [0.15, 0.2) is 36.8 Å². The van der Waals surface area contributed by atoms with Crippen LogP contribution in [0.2, 0.25) is 0 Å². The maximum absolute atomic E-state index is 12.9. The summed E-state index contributed by atoms with van der Waals surface area (Å²) in [6.45, 7) is 8.07. The number of aromatic nitrogens is 4. The van der Waals surface area contributed by atoms with Gasteiger partial charge in [-0.2, -0.15) is 18.3 Å². The summed E-state index contributed by atoms with van der Waals surface area (Å²) in [5, 5.41) is 8.92. The summed E-state index contributed by atoms with van der Waals surface area (Å²) in [6.07, 6.45) is -0.641.